The van der Waals surface area contributed by atoms with Gasteiger partial charge < -0.3 is 10.1 Å². The second-order valence-electron chi connectivity index (χ2n) is 4.62. The molecule has 3 aromatic rings. The molecule has 0 aliphatic rings. The molecule has 0 unspecified atom stereocenters. The molecule has 112 valence electrons. The summed E-state index contributed by atoms with van der Waals surface area (Å²) in [5.74, 6) is -0.851. The lowest BCUT2D eigenvalue weighted by atomic mass is 10.2. The van der Waals surface area contributed by atoms with Crippen molar-refractivity contribution in [1.29, 1.82) is 0 Å². The number of ether oxygens (including phenoxy) is 1. The van der Waals surface area contributed by atoms with Gasteiger partial charge in [0.25, 0.3) is 5.91 Å². The summed E-state index contributed by atoms with van der Waals surface area (Å²) in [6.45, 7) is 1.56. The van der Waals surface area contributed by atoms with Crippen molar-refractivity contribution in [1.82, 2.24) is 8.75 Å². The third-order valence-corrected chi connectivity index (χ3v) is 3.60. The lowest BCUT2D eigenvalue weighted by molar-refractivity contribution is -0.122. The van der Waals surface area contributed by atoms with Crippen LogP contribution in [0.5, 0.6) is 5.75 Å². The minimum absolute atomic E-state index is 0.0404. The van der Waals surface area contributed by atoms with Crippen molar-refractivity contribution in [2.45, 2.75) is 13.0 Å². The number of para-hydroxylation sites is 1. The maximum Gasteiger partial charge on any atom is 0.265 e. The molecule has 0 saturated carbocycles. The van der Waals surface area contributed by atoms with Crippen molar-refractivity contribution in [2.24, 2.45) is 0 Å². The predicted molar refractivity (Wildman–Crippen MR) is 82.5 cm³/mol. The predicted octanol–water partition coefficient (Wildman–Crippen LogP) is 3.24. The van der Waals surface area contributed by atoms with Gasteiger partial charge in [-0.3, -0.25) is 4.79 Å². The molecule has 2 aromatic carbocycles. The smallest absolute Gasteiger partial charge is 0.265 e. The van der Waals surface area contributed by atoms with Crippen LogP contribution in [0.25, 0.3) is 11.0 Å². The van der Waals surface area contributed by atoms with Gasteiger partial charge in [-0.05, 0) is 31.2 Å². The topological polar surface area (TPSA) is 64.1 Å². The van der Waals surface area contributed by atoms with Gasteiger partial charge in [0.05, 0.1) is 17.4 Å². The van der Waals surface area contributed by atoms with E-state index in [4.69, 9.17) is 4.74 Å². The first-order chi connectivity index (χ1) is 10.6. The van der Waals surface area contributed by atoms with Gasteiger partial charge in [-0.25, -0.2) is 4.39 Å². The van der Waals surface area contributed by atoms with Crippen molar-refractivity contribution in [3.05, 3.63) is 48.3 Å². The first-order valence-corrected chi connectivity index (χ1v) is 7.31. The van der Waals surface area contributed by atoms with E-state index in [-0.39, 0.29) is 11.7 Å². The highest BCUT2D eigenvalue weighted by Crippen LogP contribution is 2.22. The van der Waals surface area contributed by atoms with Gasteiger partial charge in [0, 0.05) is 0 Å². The molecule has 1 N–H and O–H groups in total. The number of anilines is 1. The zero-order valence-corrected chi connectivity index (χ0v) is 12.4. The Bertz CT molecular complexity index is 821. The van der Waals surface area contributed by atoms with Crippen molar-refractivity contribution in [3.63, 3.8) is 0 Å². The molecule has 22 heavy (non-hydrogen) atoms. The van der Waals surface area contributed by atoms with Crippen LogP contribution in [0, 0.1) is 5.82 Å². The number of amides is 1. The SMILES string of the molecule is C[C@@H](Oc1ccccc1F)C(=O)Nc1cccc2nsnc12. The quantitative estimate of drug-likeness (QED) is 0.802. The maximum atomic E-state index is 13.5. The normalized spacial score (nSPS) is 12.1. The van der Waals surface area contributed by atoms with E-state index in [1.165, 1.54) is 12.1 Å². The third kappa shape index (κ3) is 2.89. The second-order valence-corrected chi connectivity index (χ2v) is 5.15. The Labute approximate surface area is 130 Å². The average Bonchev–Trinajstić information content (AvgIpc) is 2.99. The molecule has 0 spiro atoms. The molecule has 1 amide bonds. The number of fused-ring (bicyclic) bond motifs is 1. The summed E-state index contributed by atoms with van der Waals surface area (Å²) in [6, 6.07) is 11.3. The van der Waals surface area contributed by atoms with E-state index >= 15 is 0 Å². The largest absolute Gasteiger partial charge is 0.478 e. The zero-order chi connectivity index (χ0) is 15.5. The van der Waals surface area contributed by atoms with Gasteiger partial charge in [0.15, 0.2) is 17.7 Å². The fourth-order valence-electron chi connectivity index (χ4n) is 1.93. The number of halogens is 1. The summed E-state index contributed by atoms with van der Waals surface area (Å²) in [7, 11) is 0. The Balaban J connectivity index is 1.74. The second kappa shape index (κ2) is 6.07. The average molecular weight is 317 g/mol. The highest BCUT2D eigenvalue weighted by atomic mass is 32.1. The first kappa shape index (κ1) is 14.4. The van der Waals surface area contributed by atoms with Crippen molar-refractivity contribution in [3.8, 4) is 5.75 Å². The van der Waals surface area contributed by atoms with Gasteiger partial charge in [0.1, 0.15) is 11.0 Å². The Morgan fingerprint density at radius 1 is 1.23 bits per heavy atom. The van der Waals surface area contributed by atoms with E-state index in [1.54, 1.807) is 31.2 Å². The van der Waals surface area contributed by atoms with Gasteiger partial charge in [-0.15, -0.1) is 0 Å². The highest BCUT2D eigenvalue weighted by Gasteiger charge is 2.18. The Hall–Kier alpha value is -2.54. The molecule has 0 bridgehead atoms. The molecule has 7 heteroatoms. The molecular weight excluding hydrogens is 305 g/mol. The van der Waals surface area contributed by atoms with E-state index in [0.29, 0.717) is 16.7 Å². The lowest BCUT2D eigenvalue weighted by Gasteiger charge is -2.15. The third-order valence-electron chi connectivity index (χ3n) is 3.05. The Kier molecular flexibility index (Phi) is 3.97. The van der Waals surface area contributed by atoms with Gasteiger partial charge in [-0.1, -0.05) is 18.2 Å². The number of benzene rings is 2. The van der Waals surface area contributed by atoms with Crippen LogP contribution in [0.1, 0.15) is 6.92 Å². The number of hydrogen-bond acceptors (Lipinski definition) is 5. The summed E-state index contributed by atoms with van der Waals surface area (Å²) >= 11 is 1.07. The molecule has 1 atom stereocenters. The molecule has 0 saturated heterocycles. The standard InChI is InChI=1S/C15H12FN3O2S/c1-9(21-13-8-3-2-5-10(13)16)15(20)17-11-6-4-7-12-14(11)19-22-18-12/h2-9H,1H3,(H,17,20)/t9-/m1/s1. The van der Waals surface area contributed by atoms with Crippen molar-refractivity contribution in [2.75, 3.05) is 5.32 Å². The Morgan fingerprint density at radius 3 is 2.86 bits per heavy atom. The number of hydrogen-bond donors (Lipinski definition) is 1. The zero-order valence-electron chi connectivity index (χ0n) is 11.6. The van der Waals surface area contributed by atoms with Gasteiger partial charge >= 0.3 is 0 Å². The van der Waals surface area contributed by atoms with Crippen molar-refractivity contribution >= 4 is 34.4 Å². The molecule has 3 rings (SSSR count). The number of carbonyl (C=O) groups is 1. The Morgan fingerprint density at radius 2 is 2.05 bits per heavy atom. The number of rotatable bonds is 4. The van der Waals surface area contributed by atoms with Crippen LogP contribution in [0.3, 0.4) is 0 Å². The lowest BCUT2D eigenvalue weighted by Crippen LogP contribution is -2.30. The van der Waals surface area contributed by atoms with Gasteiger partial charge in [-0.2, -0.15) is 8.75 Å². The number of nitrogens with one attached hydrogen (secondary N) is 1. The summed E-state index contributed by atoms with van der Waals surface area (Å²) < 4.78 is 27.1. The number of carbonyl (C=O) groups excluding carboxylic acids is 1. The van der Waals surface area contributed by atoms with E-state index in [2.05, 4.69) is 14.1 Å². The minimum atomic E-state index is -0.848. The summed E-state index contributed by atoms with van der Waals surface area (Å²) in [4.78, 5) is 12.2. The monoisotopic (exact) mass is 317 g/mol. The van der Waals surface area contributed by atoms with Crippen LogP contribution >= 0.6 is 11.7 Å². The van der Waals surface area contributed by atoms with Crippen LogP contribution in [-0.4, -0.2) is 20.8 Å². The van der Waals surface area contributed by atoms with Crippen molar-refractivity contribution < 1.29 is 13.9 Å². The van der Waals surface area contributed by atoms with Crippen LogP contribution < -0.4 is 10.1 Å². The van der Waals surface area contributed by atoms with E-state index in [9.17, 15) is 9.18 Å². The first-order valence-electron chi connectivity index (χ1n) is 6.58. The summed E-state index contributed by atoms with van der Waals surface area (Å²) in [5.41, 5.74) is 1.89. The molecule has 0 fully saturated rings. The van der Waals surface area contributed by atoms with Crippen LogP contribution in [0.4, 0.5) is 10.1 Å². The fraction of sp³-hybridized carbons (Fsp3) is 0.133. The van der Waals surface area contributed by atoms with Crippen LogP contribution in [0.15, 0.2) is 42.5 Å². The molecular formula is C15H12FN3O2S. The minimum Gasteiger partial charge on any atom is -0.478 e. The fourth-order valence-corrected chi connectivity index (χ4v) is 2.48. The maximum absolute atomic E-state index is 13.5. The van der Waals surface area contributed by atoms with Crippen LogP contribution in [-0.2, 0) is 4.79 Å². The summed E-state index contributed by atoms with van der Waals surface area (Å²) in [5, 5.41) is 2.73. The number of aromatic nitrogens is 2. The van der Waals surface area contributed by atoms with Crippen LogP contribution in [0.2, 0.25) is 0 Å². The van der Waals surface area contributed by atoms with E-state index in [0.717, 1.165) is 11.7 Å². The highest BCUT2D eigenvalue weighted by molar-refractivity contribution is 7.00. The molecule has 1 aromatic heterocycles. The molecule has 1 heterocycles. The molecule has 5 nitrogen and oxygen atoms in total. The van der Waals surface area contributed by atoms with Gasteiger partial charge in [0.2, 0.25) is 0 Å². The van der Waals surface area contributed by atoms with E-state index in [1.807, 2.05) is 6.07 Å². The molecule has 0 aliphatic heterocycles. The number of nitrogens with zero attached hydrogens (tertiary/aromatic N) is 2. The molecule has 0 radical (unpaired) electrons. The summed E-state index contributed by atoms with van der Waals surface area (Å²) in [6.07, 6.45) is -0.848. The van der Waals surface area contributed by atoms with E-state index < -0.39 is 11.9 Å². The molecule has 0 aliphatic carbocycles.